The molecule has 0 aromatic heterocycles. The molecule has 0 fully saturated rings. The zero-order chi connectivity index (χ0) is 9.30. The maximum absolute atomic E-state index is 12.6. The number of benzene rings is 1. The molecule has 12 heavy (non-hydrogen) atoms. The first-order chi connectivity index (χ1) is 5.57. The van der Waals surface area contributed by atoms with Crippen LogP contribution < -0.4 is 0 Å². The molecule has 0 atom stereocenters. The third kappa shape index (κ3) is 1.25. The Balaban J connectivity index is 3.49. The molecule has 1 N–H and O–H groups in total. The van der Waals surface area contributed by atoms with Crippen LogP contribution in [0.4, 0.5) is 8.78 Å². The molecule has 0 radical (unpaired) electrons. The van der Waals surface area contributed by atoms with Gasteiger partial charge in [0.2, 0.25) is 5.82 Å². The number of carbonyl (C=O) groups excluding carboxylic acids is 1. The van der Waals surface area contributed by atoms with E-state index in [4.69, 9.17) is 16.7 Å². The van der Waals surface area contributed by atoms with Crippen molar-refractivity contribution in [3.63, 3.8) is 0 Å². The highest BCUT2D eigenvalue weighted by Crippen LogP contribution is 2.29. The van der Waals surface area contributed by atoms with Gasteiger partial charge in [0.05, 0.1) is 10.6 Å². The Morgan fingerprint density at radius 3 is 2.50 bits per heavy atom. The normalized spacial score (nSPS) is 9.92. The second-order valence-electron chi connectivity index (χ2n) is 2.04. The molecule has 64 valence electrons. The van der Waals surface area contributed by atoms with Crippen LogP contribution in [0.3, 0.4) is 0 Å². The van der Waals surface area contributed by atoms with E-state index in [1.54, 1.807) is 0 Å². The molecule has 0 aliphatic rings. The molecule has 0 saturated heterocycles. The average molecular weight is 193 g/mol. The highest BCUT2D eigenvalue weighted by atomic mass is 35.5. The van der Waals surface area contributed by atoms with Crippen LogP contribution in [0.2, 0.25) is 5.02 Å². The van der Waals surface area contributed by atoms with Gasteiger partial charge < -0.3 is 5.11 Å². The van der Waals surface area contributed by atoms with Crippen molar-refractivity contribution in [2.24, 2.45) is 0 Å². The minimum Gasteiger partial charge on any atom is -0.504 e. The molecule has 0 spiro atoms. The largest absolute Gasteiger partial charge is 0.504 e. The van der Waals surface area contributed by atoms with Gasteiger partial charge in [-0.15, -0.1) is 0 Å². The van der Waals surface area contributed by atoms with Crippen LogP contribution in [-0.4, -0.2) is 11.4 Å². The Kier molecular flexibility index (Phi) is 2.28. The first-order valence-electron chi connectivity index (χ1n) is 2.89. The molecular formula is C7H3ClF2O2. The van der Waals surface area contributed by atoms with Gasteiger partial charge in [0.15, 0.2) is 17.9 Å². The summed E-state index contributed by atoms with van der Waals surface area (Å²) in [5.41, 5.74) is -0.518. The van der Waals surface area contributed by atoms with Gasteiger partial charge in [0, 0.05) is 0 Å². The van der Waals surface area contributed by atoms with Gasteiger partial charge in [0.25, 0.3) is 0 Å². The minimum atomic E-state index is -1.51. The van der Waals surface area contributed by atoms with E-state index in [0.29, 0.717) is 0 Å². The Labute approximate surface area is 71.4 Å². The molecule has 1 aromatic carbocycles. The van der Waals surface area contributed by atoms with Crippen molar-refractivity contribution in [1.82, 2.24) is 0 Å². The average Bonchev–Trinajstić information content (AvgIpc) is 2.08. The number of halogens is 3. The minimum absolute atomic E-state index is 0.115. The molecule has 1 aromatic rings. The quantitative estimate of drug-likeness (QED) is 0.547. The number of phenols is 1. The van der Waals surface area contributed by atoms with E-state index in [0.717, 1.165) is 6.07 Å². The number of phenolic OH excluding ortho intramolecular Hbond substituents is 1. The fourth-order valence-electron chi connectivity index (χ4n) is 0.690. The summed E-state index contributed by atoms with van der Waals surface area (Å²) < 4.78 is 25.2. The lowest BCUT2D eigenvalue weighted by molar-refractivity contribution is 0.111. The van der Waals surface area contributed by atoms with E-state index in [1.807, 2.05) is 0 Å². The summed E-state index contributed by atoms with van der Waals surface area (Å²) in [7, 11) is 0. The van der Waals surface area contributed by atoms with Crippen LogP contribution in [-0.2, 0) is 0 Å². The molecule has 0 aliphatic heterocycles. The fourth-order valence-corrected chi connectivity index (χ4v) is 0.890. The molecule has 5 heteroatoms. The molecule has 0 aliphatic carbocycles. The molecule has 2 nitrogen and oxygen atoms in total. The third-order valence-electron chi connectivity index (χ3n) is 1.29. The van der Waals surface area contributed by atoms with E-state index in [1.165, 1.54) is 0 Å². The van der Waals surface area contributed by atoms with Crippen molar-refractivity contribution in [3.8, 4) is 5.75 Å². The predicted molar refractivity (Wildman–Crippen MR) is 38.4 cm³/mol. The van der Waals surface area contributed by atoms with Gasteiger partial charge in [0.1, 0.15) is 0 Å². The molecule has 0 amide bonds. The summed E-state index contributed by atoms with van der Waals surface area (Å²) in [4.78, 5) is 10.1. The van der Waals surface area contributed by atoms with Gasteiger partial charge in [-0.2, -0.15) is 4.39 Å². The maximum atomic E-state index is 12.6. The maximum Gasteiger partial charge on any atom is 0.202 e. The summed E-state index contributed by atoms with van der Waals surface area (Å²) in [6.45, 7) is 0. The first-order valence-corrected chi connectivity index (χ1v) is 3.27. The van der Waals surface area contributed by atoms with Gasteiger partial charge in [-0.25, -0.2) is 4.39 Å². The second-order valence-corrected chi connectivity index (χ2v) is 2.45. The van der Waals surface area contributed by atoms with Crippen molar-refractivity contribution >= 4 is 17.9 Å². The Morgan fingerprint density at radius 2 is 2.00 bits per heavy atom. The summed E-state index contributed by atoms with van der Waals surface area (Å²) in [5, 5.41) is 8.35. The van der Waals surface area contributed by atoms with Crippen molar-refractivity contribution in [2.45, 2.75) is 0 Å². The SMILES string of the molecule is O=Cc1cc(Cl)c(O)c(F)c1F. The van der Waals surface area contributed by atoms with Gasteiger partial charge in [-0.1, -0.05) is 11.6 Å². The number of hydrogen-bond donors (Lipinski definition) is 1. The van der Waals surface area contributed by atoms with Gasteiger partial charge in [-0.05, 0) is 6.07 Å². The van der Waals surface area contributed by atoms with Crippen molar-refractivity contribution in [1.29, 1.82) is 0 Å². The lowest BCUT2D eigenvalue weighted by Gasteiger charge is -2.00. The molecule has 0 unspecified atom stereocenters. The fraction of sp³-hybridized carbons (Fsp3) is 0. The second kappa shape index (κ2) is 3.06. The van der Waals surface area contributed by atoms with Crippen LogP contribution in [0.15, 0.2) is 6.07 Å². The van der Waals surface area contributed by atoms with Crippen LogP contribution in [0.5, 0.6) is 5.75 Å². The van der Waals surface area contributed by atoms with E-state index >= 15 is 0 Å². The molecule has 1 rings (SSSR count). The van der Waals surface area contributed by atoms with Crippen molar-refractivity contribution in [2.75, 3.05) is 0 Å². The van der Waals surface area contributed by atoms with E-state index in [-0.39, 0.29) is 6.29 Å². The first kappa shape index (κ1) is 8.93. The monoisotopic (exact) mass is 192 g/mol. The molecule has 0 saturated carbocycles. The highest BCUT2D eigenvalue weighted by molar-refractivity contribution is 6.32. The van der Waals surface area contributed by atoms with Crippen LogP contribution in [0.25, 0.3) is 0 Å². The Morgan fingerprint density at radius 1 is 1.42 bits per heavy atom. The summed E-state index contributed by atoms with van der Waals surface area (Å²) in [5.74, 6) is -3.89. The Hall–Kier alpha value is -1.16. The van der Waals surface area contributed by atoms with Crippen molar-refractivity contribution in [3.05, 3.63) is 28.3 Å². The van der Waals surface area contributed by atoms with Gasteiger partial charge in [-0.3, -0.25) is 4.79 Å². The zero-order valence-electron chi connectivity index (χ0n) is 5.64. The lowest BCUT2D eigenvalue weighted by atomic mass is 10.2. The van der Waals surface area contributed by atoms with E-state index in [2.05, 4.69) is 0 Å². The third-order valence-corrected chi connectivity index (χ3v) is 1.58. The summed E-state index contributed by atoms with van der Waals surface area (Å²) in [6, 6.07) is 0.850. The van der Waals surface area contributed by atoms with Crippen molar-refractivity contribution < 1.29 is 18.7 Å². The van der Waals surface area contributed by atoms with Crippen LogP contribution in [0, 0.1) is 11.6 Å². The summed E-state index contributed by atoms with van der Waals surface area (Å²) in [6.07, 6.45) is 0.115. The van der Waals surface area contributed by atoms with Crippen LogP contribution >= 0.6 is 11.6 Å². The van der Waals surface area contributed by atoms with E-state index < -0.39 is 28.0 Å². The molecule has 0 bridgehead atoms. The summed E-state index contributed by atoms with van der Waals surface area (Å²) >= 11 is 5.25. The topological polar surface area (TPSA) is 37.3 Å². The van der Waals surface area contributed by atoms with Gasteiger partial charge >= 0.3 is 0 Å². The zero-order valence-corrected chi connectivity index (χ0v) is 6.40. The smallest absolute Gasteiger partial charge is 0.202 e. The number of carbonyl (C=O) groups is 1. The number of aromatic hydroxyl groups is 1. The number of hydrogen-bond acceptors (Lipinski definition) is 2. The molecule has 0 heterocycles. The Bertz CT molecular complexity index is 339. The lowest BCUT2D eigenvalue weighted by Crippen LogP contribution is -1.93. The predicted octanol–water partition coefficient (Wildman–Crippen LogP) is 2.14. The molecular weight excluding hydrogens is 190 g/mol. The number of rotatable bonds is 1. The standard InChI is InChI=1S/C7H3ClF2O2/c8-4-1-3(2-11)5(9)6(10)7(4)12/h1-2,12H. The number of aldehydes is 1. The highest BCUT2D eigenvalue weighted by Gasteiger charge is 2.15. The van der Waals surface area contributed by atoms with Crippen LogP contribution in [0.1, 0.15) is 10.4 Å². The van der Waals surface area contributed by atoms with E-state index in [9.17, 15) is 13.6 Å².